The van der Waals surface area contributed by atoms with E-state index < -0.39 is 0 Å². The number of hydrogen-bond donors (Lipinski definition) is 2. The first-order valence-electron chi connectivity index (χ1n) is 10.1. The zero-order valence-electron chi connectivity index (χ0n) is 15.9. The molecule has 2 fully saturated rings. The van der Waals surface area contributed by atoms with Gasteiger partial charge in [0, 0.05) is 12.6 Å². The van der Waals surface area contributed by atoms with Crippen LogP contribution in [0.1, 0.15) is 42.9 Å². The summed E-state index contributed by atoms with van der Waals surface area (Å²) in [5.41, 5.74) is 3.63. The fourth-order valence-corrected chi connectivity index (χ4v) is 4.21. The highest BCUT2D eigenvalue weighted by Gasteiger charge is 2.29. The Labute approximate surface area is 165 Å². The Hall–Kier alpha value is -2.73. The summed E-state index contributed by atoms with van der Waals surface area (Å²) in [6, 6.07) is 10.5. The highest BCUT2D eigenvalue weighted by Crippen LogP contribution is 2.38. The van der Waals surface area contributed by atoms with Crippen molar-refractivity contribution in [2.45, 2.75) is 38.3 Å². The minimum absolute atomic E-state index is 0.0700. The first-order chi connectivity index (χ1) is 13.8. The molecular weight excluding hydrogens is 350 g/mol. The number of hydrogen-bond acceptors (Lipinski definition) is 6. The highest BCUT2D eigenvalue weighted by molar-refractivity contribution is 6.05. The maximum Gasteiger partial charge on any atom is 0.137 e. The monoisotopic (exact) mass is 375 g/mol. The van der Waals surface area contributed by atoms with E-state index in [2.05, 4.69) is 43.4 Å². The lowest BCUT2D eigenvalue weighted by Gasteiger charge is -2.26. The predicted molar refractivity (Wildman–Crippen MR) is 110 cm³/mol. The lowest BCUT2D eigenvalue weighted by molar-refractivity contribution is 0.281. The quantitative estimate of drug-likeness (QED) is 0.837. The Morgan fingerprint density at radius 3 is 2.93 bits per heavy atom. The third-order valence-corrected chi connectivity index (χ3v) is 5.83. The molecule has 2 N–H and O–H groups in total. The topological polar surface area (TPSA) is 73.6 Å². The van der Waals surface area contributed by atoms with Gasteiger partial charge in [-0.3, -0.25) is 4.99 Å². The van der Waals surface area contributed by atoms with Crippen LogP contribution in [0.25, 0.3) is 0 Å². The van der Waals surface area contributed by atoms with Gasteiger partial charge in [0.05, 0.1) is 19.2 Å². The van der Waals surface area contributed by atoms with E-state index in [-0.39, 0.29) is 12.6 Å². The average Bonchev–Trinajstić information content (AvgIpc) is 3.28. The number of aliphatic hydroxyl groups is 1. The van der Waals surface area contributed by atoms with Crippen molar-refractivity contribution in [3.63, 3.8) is 0 Å². The summed E-state index contributed by atoms with van der Waals surface area (Å²) in [6.45, 7) is 1.86. The second kappa shape index (κ2) is 7.36. The second-order valence-electron chi connectivity index (χ2n) is 7.84. The van der Waals surface area contributed by atoms with Gasteiger partial charge in [-0.15, -0.1) is 0 Å². The largest absolute Gasteiger partial charge is 0.392 e. The van der Waals surface area contributed by atoms with Crippen LogP contribution in [0.3, 0.4) is 0 Å². The average molecular weight is 375 g/mol. The van der Waals surface area contributed by atoms with Crippen molar-refractivity contribution < 1.29 is 5.11 Å². The zero-order chi connectivity index (χ0) is 18.9. The van der Waals surface area contributed by atoms with Crippen LogP contribution in [-0.4, -0.2) is 34.0 Å². The Kier molecular flexibility index (Phi) is 4.56. The summed E-state index contributed by atoms with van der Waals surface area (Å²) < 4.78 is 0. The van der Waals surface area contributed by atoms with Gasteiger partial charge in [-0.2, -0.15) is 0 Å². The normalized spacial score (nSPS) is 21.6. The van der Waals surface area contributed by atoms with Gasteiger partial charge in [0.25, 0.3) is 0 Å². The number of nitrogens with zero attached hydrogens (tertiary/aromatic N) is 4. The van der Waals surface area contributed by atoms with Crippen LogP contribution in [-0.2, 0) is 6.61 Å². The van der Waals surface area contributed by atoms with Crippen molar-refractivity contribution in [2.75, 3.05) is 23.3 Å². The molecule has 1 unspecified atom stereocenters. The standard InChI is InChI=1S/C22H25N5O/c28-13-15-3-1-4-17(9-15)19-5-2-8-27(19)22-11-21(24-14-25-22)26-20-10-18(12-23-20)16-6-7-16/h1,3-4,9-11,14,16,19,28H,2,5-8,12-13H2,(H,23,24,25,26). The molecule has 1 atom stereocenters. The van der Waals surface area contributed by atoms with Gasteiger partial charge in [-0.05, 0) is 54.4 Å². The minimum Gasteiger partial charge on any atom is -0.392 e. The summed E-state index contributed by atoms with van der Waals surface area (Å²) >= 11 is 0. The van der Waals surface area contributed by atoms with Crippen molar-refractivity contribution in [1.29, 1.82) is 0 Å². The summed E-state index contributed by atoms with van der Waals surface area (Å²) in [7, 11) is 0. The van der Waals surface area contributed by atoms with Crippen LogP contribution in [0.15, 0.2) is 53.3 Å². The van der Waals surface area contributed by atoms with E-state index in [1.165, 1.54) is 24.0 Å². The SMILES string of the molecule is OCc1cccc(C2CCCN2c2cc(NC3=NCC(C4CC4)=C3)ncn2)c1. The van der Waals surface area contributed by atoms with Crippen LogP contribution in [0.5, 0.6) is 0 Å². The Bertz CT molecular complexity index is 934. The number of aliphatic imine (C=N–C) groups is 1. The van der Waals surface area contributed by atoms with Gasteiger partial charge < -0.3 is 15.3 Å². The zero-order valence-corrected chi connectivity index (χ0v) is 15.9. The van der Waals surface area contributed by atoms with Crippen molar-refractivity contribution in [2.24, 2.45) is 10.9 Å². The number of anilines is 2. The van der Waals surface area contributed by atoms with Gasteiger partial charge in [-0.25, -0.2) is 9.97 Å². The van der Waals surface area contributed by atoms with E-state index in [1.54, 1.807) is 6.33 Å². The molecule has 1 aromatic carbocycles. The minimum atomic E-state index is 0.0700. The lowest BCUT2D eigenvalue weighted by atomic mass is 10.0. The van der Waals surface area contributed by atoms with Gasteiger partial charge in [0.2, 0.25) is 0 Å². The van der Waals surface area contributed by atoms with Gasteiger partial charge in [0.1, 0.15) is 23.8 Å². The summed E-state index contributed by atoms with van der Waals surface area (Å²) in [6.07, 6.45) is 8.62. The molecule has 1 saturated heterocycles. The molecular formula is C22H25N5O. The van der Waals surface area contributed by atoms with Crippen molar-refractivity contribution in [3.05, 3.63) is 59.4 Å². The first kappa shape index (κ1) is 17.4. The van der Waals surface area contributed by atoms with Crippen LogP contribution < -0.4 is 10.2 Å². The van der Waals surface area contributed by atoms with E-state index in [1.807, 2.05) is 18.2 Å². The molecule has 0 bridgehead atoms. The predicted octanol–water partition coefficient (Wildman–Crippen LogP) is 3.47. The van der Waals surface area contributed by atoms with E-state index in [4.69, 9.17) is 0 Å². The Morgan fingerprint density at radius 2 is 2.07 bits per heavy atom. The van der Waals surface area contributed by atoms with E-state index >= 15 is 0 Å². The fourth-order valence-electron chi connectivity index (χ4n) is 4.21. The fraction of sp³-hybridized carbons (Fsp3) is 0.409. The molecule has 2 aromatic rings. The molecule has 28 heavy (non-hydrogen) atoms. The van der Waals surface area contributed by atoms with Crippen molar-refractivity contribution >= 4 is 17.5 Å². The second-order valence-corrected chi connectivity index (χ2v) is 7.84. The van der Waals surface area contributed by atoms with E-state index in [9.17, 15) is 5.11 Å². The molecule has 6 heteroatoms. The molecule has 5 rings (SSSR count). The van der Waals surface area contributed by atoms with Crippen molar-refractivity contribution in [1.82, 2.24) is 9.97 Å². The maximum absolute atomic E-state index is 9.46. The molecule has 0 amide bonds. The van der Waals surface area contributed by atoms with E-state index in [0.29, 0.717) is 0 Å². The van der Waals surface area contributed by atoms with Crippen LogP contribution in [0.2, 0.25) is 0 Å². The van der Waals surface area contributed by atoms with E-state index in [0.717, 1.165) is 54.9 Å². The molecule has 0 spiro atoms. The lowest BCUT2D eigenvalue weighted by Crippen LogP contribution is -2.24. The summed E-state index contributed by atoms with van der Waals surface area (Å²) in [5, 5.41) is 12.8. The van der Waals surface area contributed by atoms with Crippen molar-refractivity contribution in [3.8, 4) is 0 Å². The first-order valence-corrected chi connectivity index (χ1v) is 10.1. The summed E-state index contributed by atoms with van der Waals surface area (Å²) in [5.74, 6) is 3.37. The molecule has 0 radical (unpaired) electrons. The Balaban J connectivity index is 1.35. The van der Waals surface area contributed by atoms with Gasteiger partial charge in [-0.1, -0.05) is 24.3 Å². The highest BCUT2D eigenvalue weighted by atomic mass is 16.3. The third kappa shape index (κ3) is 3.52. The Morgan fingerprint density at radius 1 is 1.14 bits per heavy atom. The van der Waals surface area contributed by atoms with Gasteiger partial charge >= 0.3 is 0 Å². The molecule has 2 aliphatic heterocycles. The van der Waals surface area contributed by atoms with Crippen LogP contribution in [0.4, 0.5) is 11.6 Å². The number of aliphatic hydroxyl groups excluding tert-OH is 1. The number of rotatable bonds is 5. The number of amidine groups is 1. The number of nitrogens with one attached hydrogen (secondary N) is 1. The smallest absolute Gasteiger partial charge is 0.137 e. The molecule has 3 aliphatic rings. The molecule has 1 saturated carbocycles. The molecule has 1 aromatic heterocycles. The molecule has 3 heterocycles. The number of benzene rings is 1. The summed E-state index contributed by atoms with van der Waals surface area (Å²) in [4.78, 5) is 15.9. The molecule has 6 nitrogen and oxygen atoms in total. The molecule has 1 aliphatic carbocycles. The number of aromatic nitrogens is 2. The molecule has 144 valence electrons. The third-order valence-electron chi connectivity index (χ3n) is 5.83. The van der Waals surface area contributed by atoms with Crippen LogP contribution in [0, 0.1) is 5.92 Å². The maximum atomic E-state index is 9.46. The van der Waals surface area contributed by atoms with Gasteiger partial charge in [0.15, 0.2) is 0 Å². The van der Waals surface area contributed by atoms with Crippen LogP contribution >= 0.6 is 0 Å².